The van der Waals surface area contributed by atoms with Crippen LogP contribution in [0.15, 0.2) is 55.1 Å². The summed E-state index contributed by atoms with van der Waals surface area (Å²) in [6.07, 6.45) is 6.18. The molecule has 10 heteroatoms. The fourth-order valence-electron chi connectivity index (χ4n) is 3.59. The summed E-state index contributed by atoms with van der Waals surface area (Å²) in [5.74, 6) is 1.80. The van der Waals surface area contributed by atoms with Crippen LogP contribution < -0.4 is 19.1 Å². The molecule has 0 aliphatic heterocycles. The van der Waals surface area contributed by atoms with E-state index < -0.39 is 0 Å². The number of carbonyl (C=O) groups is 1. The first-order chi connectivity index (χ1) is 16.6. The van der Waals surface area contributed by atoms with E-state index in [1.54, 1.807) is 42.7 Å². The lowest BCUT2D eigenvalue weighted by atomic mass is 10.1. The number of fused-ring (bicyclic) bond motifs is 1. The van der Waals surface area contributed by atoms with E-state index in [0.29, 0.717) is 42.0 Å². The van der Waals surface area contributed by atoms with Crippen LogP contribution in [-0.4, -0.2) is 47.3 Å². The number of hydrogen-bond acceptors (Lipinski definition) is 7. The highest BCUT2D eigenvalue weighted by atomic mass is 35.5. The van der Waals surface area contributed by atoms with Gasteiger partial charge in [0.2, 0.25) is 0 Å². The van der Waals surface area contributed by atoms with Gasteiger partial charge < -0.3 is 18.8 Å². The number of carbonyl (C=O) groups excluding carboxylic acids is 1. The van der Waals surface area contributed by atoms with E-state index in [2.05, 4.69) is 4.98 Å². The van der Waals surface area contributed by atoms with Crippen LogP contribution in [0.2, 0.25) is 0 Å². The Morgan fingerprint density at radius 3 is 2.60 bits per heavy atom. The van der Waals surface area contributed by atoms with Crippen molar-refractivity contribution >= 4 is 45.0 Å². The van der Waals surface area contributed by atoms with Crippen LogP contribution in [-0.2, 0) is 6.54 Å². The lowest BCUT2D eigenvalue weighted by Gasteiger charge is -2.21. The number of aromatic nitrogens is 3. The molecule has 0 unspecified atom stereocenters. The highest BCUT2D eigenvalue weighted by Gasteiger charge is 2.23. The average molecular weight is 517 g/mol. The zero-order valence-electron chi connectivity index (χ0n) is 20.0. The van der Waals surface area contributed by atoms with Crippen molar-refractivity contribution in [3.8, 4) is 17.2 Å². The first-order valence-electron chi connectivity index (χ1n) is 11.2. The number of aryl methyl sites for hydroxylation is 1. The van der Waals surface area contributed by atoms with Gasteiger partial charge in [0.05, 0.1) is 36.9 Å². The van der Waals surface area contributed by atoms with Crippen molar-refractivity contribution in [2.45, 2.75) is 26.8 Å². The highest BCUT2D eigenvalue weighted by molar-refractivity contribution is 7.22. The van der Waals surface area contributed by atoms with Gasteiger partial charge in [0.15, 0.2) is 16.6 Å². The molecule has 0 saturated heterocycles. The largest absolute Gasteiger partial charge is 0.497 e. The Morgan fingerprint density at radius 1 is 1.09 bits per heavy atom. The Balaban J connectivity index is 0.00000342. The maximum absolute atomic E-state index is 13.7. The number of benzene rings is 2. The predicted octanol–water partition coefficient (Wildman–Crippen LogP) is 5.46. The number of methoxy groups -OCH3 is 1. The molecule has 1 amide bonds. The molecule has 4 aromatic rings. The van der Waals surface area contributed by atoms with Crippen LogP contribution in [0, 0.1) is 0 Å². The Hall–Kier alpha value is -3.30. The number of ether oxygens (including phenoxy) is 3. The molecule has 0 radical (unpaired) electrons. The molecular weight excluding hydrogens is 488 g/mol. The fourth-order valence-corrected chi connectivity index (χ4v) is 4.61. The van der Waals surface area contributed by atoms with Crippen LogP contribution in [0.25, 0.3) is 10.2 Å². The van der Waals surface area contributed by atoms with Crippen molar-refractivity contribution in [3.05, 3.63) is 60.7 Å². The number of rotatable bonds is 11. The third-order valence-electron chi connectivity index (χ3n) is 5.21. The Kier molecular flexibility index (Phi) is 9.33. The van der Waals surface area contributed by atoms with E-state index in [-0.39, 0.29) is 18.3 Å². The molecule has 0 aliphatic rings. The number of thiazole rings is 1. The fraction of sp³-hybridized carbons (Fsp3) is 0.320. The molecule has 35 heavy (non-hydrogen) atoms. The second-order valence-corrected chi connectivity index (χ2v) is 8.48. The SMILES string of the molecule is CCOc1ccc(C(=O)N(CCCn2ccnc2)c2nc3ccc(OC)cc3s2)cc1OCC.Cl. The Morgan fingerprint density at radius 2 is 1.89 bits per heavy atom. The molecule has 2 aromatic heterocycles. The summed E-state index contributed by atoms with van der Waals surface area (Å²) >= 11 is 1.47. The number of imidazole rings is 1. The molecule has 4 rings (SSSR count). The van der Waals surface area contributed by atoms with Crippen LogP contribution in [0.1, 0.15) is 30.6 Å². The molecule has 0 bridgehead atoms. The first-order valence-corrected chi connectivity index (χ1v) is 12.1. The quantitative estimate of drug-likeness (QED) is 0.263. The van der Waals surface area contributed by atoms with E-state index in [1.807, 2.05) is 42.8 Å². The van der Waals surface area contributed by atoms with Crippen LogP contribution >= 0.6 is 23.7 Å². The van der Waals surface area contributed by atoms with Gasteiger partial charge in [-0.3, -0.25) is 9.69 Å². The zero-order chi connectivity index (χ0) is 23.9. The summed E-state index contributed by atoms with van der Waals surface area (Å²) in [7, 11) is 1.64. The maximum Gasteiger partial charge on any atom is 0.260 e. The molecule has 0 atom stereocenters. The maximum atomic E-state index is 13.7. The molecule has 0 spiro atoms. The van der Waals surface area contributed by atoms with Gasteiger partial charge in [-0.2, -0.15) is 0 Å². The minimum atomic E-state index is -0.138. The van der Waals surface area contributed by atoms with E-state index in [4.69, 9.17) is 19.2 Å². The Bertz CT molecular complexity index is 1250. The summed E-state index contributed by atoms with van der Waals surface area (Å²) in [6, 6.07) is 11.0. The average Bonchev–Trinajstić information content (AvgIpc) is 3.52. The lowest BCUT2D eigenvalue weighted by molar-refractivity contribution is 0.0985. The minimum absolute atomic E-state index is 0. The highest BCUT2D eigenvalue weighted by Crippen LogP contribution is 2.34. The zero-order valence-corrected chi connectivity index (χ0v) is 21.6. The number of amides is 1. The number of nitrogens with zero attached hydrogens (tertiary/aromatic N) is 4. The monoisotopic (exact) mass is 516 g/mol. The second-order valence-electron chi connectivity index (χ2n) is 7.47. The summed E-state index contributed by atoms with van der Waals surface area (Å²) in [5.41, 5.74) is 1.35. The van der Waals surface area contributed by atoms with Gasteiger partial charge in [-0.05, 0) is 56.7 Å². The lowest BCUT2D eigenvalue weighted by Crippen LogP contribution is -2.32. The van der Waals surface area contributed by atoms with Crippen molar-refractivity contribution in [1.82, 2.24) is 14.5 Å². The van der Waals surface area contributed by atoms with Crippen molar-refractivity contribution in [2.75, 3.05) is 31.8 Å². The number of halogens is 1. The van der Waals surface area contributed by atoms with Crippen molar-refractivity contribution in [1.29, 1.82) is 0 Å². The third-order valence-corrected chi connectivity index (χ3v) is 6.25. The summed E-state index contributed by atoms with van der Waals surface area (Å²) in [5, 5.41) is 0.644. The Labute approximate surface area is 214 Å². The van der Waals surface area contributed by atoms with Gasteiger partial charge in [0.1, 0.15) is 5.75 Å². The van der Waals surface area contributed by atoms with Gasteiger partial charge in [0.25, 0.3) is 5.91 Å². The van der Waals surface area contributed by atoms with Crippen LogP contribution in [0.3, 0.4) is 0 Å². The predicted molar refractivity (Wildman–Crippen MR) is 141 cm³/mol. The molecule has 0 N–H and O–H groups in total. The summed E-state index contributed by atoms with van der Waals surface area (Å²) < 4.78 is 19.7. The van der Waals surface area contributed by atoms with E-state index >= 15 is 0 Å². The topological polar surface area (TPSA) is 78.7 Å². The van der Waals surface area contributed by atoms with Crippen LogP contribution in [0.4, 0.5) is 5.13 Å². The second kappa shape index (κ2) is 12.4. The molecule has 8 nitrogen and oxygen atoms in total. The van der Waals surface area contributed by atoms with Gasteiger partial charge in [0, 0.05) is 31.0 Å². The van der Waals surface area contributed by atoms with Crippen molar-refractivity contribution < 1.29 is 19.0 Å². The van der Waals surface area contributed by atoms with Crippen molar-refractivity contribution in [2.24, 2.45) is 0 Å². The van der Waals surface area contributed by atoms with Gasteiger partial charge in [-0.15, -0.1) is 12.4 Å². The molecule has 0 aliphatic carbocycles. The number of hydrogen-bond donors (Lipinski definition) is 0. The third kappa shape index (κ3) is 6.23. The van der Waals surface area contributed by atoms with E-state index in [9.17, 15) is 4.79 Å². The van der Waals surface area contributed by atoms with Gasteiger partial charge >= 0.3 is 0 Å². The van der Waals surface area contributed by atoms with Crippen LogP contribution in [0.5, 0.6) is 17.2 Å². The van der Waals surface area contributed by atoms with Crippen molar-refractivity contribution in [3.63, 3.8) is 0 Å². The molecule has 2 aromatic carbocycles. The molecular formula is C25H29ClN4O4S. The molecule has 0 saturated carbocycles. The van der Waals surface area contributed by atoms with E-state index in [1.165, 1.54) is 11.3 Å². The van der Waals surface area contributed by atoms with Gasteiger partial charge in [-0.25, -0.2) is 9.97 Å². The number of anilines is 1. The normalized spacial score (nSPS) is 10.6. The van der Waals surface area contributed by atoms with Gasteiger partial charge in [-0.1, -0.05) is 11.3 Å². The molecule has 186 valence electrons. The minimum Gasteiger partial charge on any atom is -0.497 e. The van der Waals surface area contributed by atoms with E-state index in [0.717, 1.165) is 28.9 Å². The summed E-state index contributed by atoms with van der Waals surface area (Å²) in [4.78, 5) is 24.3. The first kappa shape index (κ1) is 26.3. The molecule has 0 fully saturated rings. The smallest absolute Gasteiger partial charge is 0.260 e. The summed E-state index contributed by atoms with van der Waals surface area (Å²) in [6.45, 7) is 6.07. The standard InChI is InChI=1S/C25H28N4O4S.ClH/c1-4-32-21-10-7-18(15-22(21)33-5-2)24(30)29(13-6-12-28-14-11-26-17-28)25-27-20-9-8-19(31-3)16-23(20)34-25;/h7-11,14-17H,4-6,12-13H2,1-3H3;1H. The molecule has 2 heterocycles.